The van der Waals surface area contributed by atoms with Crippen LogP contribution in [0.4, 0.5) is 0 Å². The van der Waals surface area contributed by atoms with Crippen LogP contribution in [-0.2, 0) is 4.79 Å². The summed E-state index contributed by atoms with van der Waals surface area (Å²) in [5.74, 6) is -0.899. The molecule has 13 heavy (non-hydrogen) atoms. The molecule has 0 aliphatic carbocycles. The van der Waals surface area contributed by atoms with Crippen molar-refractivity contribution in [3.8, 4) is 0 Å². The summed E-state index contributed by atoms with van der Waals surface area (Å²) in [4.78, 5) is 10.3. The van der Waals surface area contributed by atoms with Crippen LogP contribution in [0.2, 0.25) is 0 Å². The lowest BCUT2D eigenvalue weighted by atomic mass is 9.89. The van der Waals surface area contributed by atoms with Gasteiger partial charge in [-0.15, -0.1) is 0 Å². The van der Waals surface area contributed by atoms with Gasteiger partial charge in [0.1, 0.15) is 6.04 Å². The van der Waals surface area contributed by atoms with Crippen LogP contribution in [-0.4, -0.2) is 17.1 Å². The fourth-order valence-corrected chi connectivity index (χ4v) is 0.976. The summed E-state index contributed by atoms with van der Waals surface area (Å²) < 4.78 is 0. The molecule has 1 unspecified atom stereocenters. The van der Waals surface area contributed by atoms with Gasteiger partial charge in [-0.3, -0.25) is 4.79 Å². The molecule has 0 saturated heterocycles. The Balaban J connectivity index is 0. The lowest BCUT2D eigenvalue weighted by molar-refractivity contribution is -0.138. The fourth-order valence-electron chi connectivity index (χ4n) is 0.976. The average molecular weight is 190 g/mol. The largest absolute Gasteiger partial charge is 0.480 e. The molecule has 0 heterocycles. The summed E-state index contributed by atoms with van der Waals surface area (Å²) in [5.41, 5.74) is 5.62. The van der Waals surface area contributed by atoms with Gasteiger partial charge in [-0.05, 0) is 18.3 Å². The zero-order valence-corrected chi connectivity index (χ0v) is 8.84. The highest BCUT2D eigenvalue weighted by molar-refractivity contribution is 5.72. The number of hydrogen-bond donors (Lipinski definition) is 3. The van der Waals surface area contributed by atoms with E-state index < -0.39 is 12.0 Å². The van der Waals surface area contributed by atoms with Crippen LogP contribution in [0, 0.1) is 5.41 Å². The number of carbonyl (C=O) groups is 1. The van der Waals surface area contributed by atoms with Crippen LogP contribution in [0.1, 0.15) is 40.0 Å². The molecule has 0 aromatic heterocycles. The summed E-state index contributed by atoms with van der Waals surface area (Å²) in [6.07, 6.45) is 2.48. The second kappa shape index (κ2) is 5.94. The van der Waals surface area contributed by atoms with Crippen molar-refractivity contribution in [3.05, 3.63) is 0 Å². The van der Waals surface area contributed by atoms with Crippen molar-refractivity contribution >= 4 is 5.97 Å². The van der Waals surface area contributed by atoms with Gasteiger partial charge in [-0.2, -0.15) is 0 Å². The van der Waals surface area contributed by atoms with Crippen molar-refractivity contribution in [2.24, 2.45) is 11.1 Å². The van der Waals surface area contributed by atoms with E-state index in [1.165, 1.54) is 0 Å². The summed E-state index contributed by atoms with van der Waals surface area (Å²) in [6, 6.07) is -0.688. The first-order valence-corrected chi connectivity index (χ1v) is 4.31. The molecular weight excluding hydrogens is 168 g/mol. The van der Waals surface area contributed by atoms with Crippen LogP contribution < -0.4 is 11.9 Å². The molecule has 0 aliphatic rings. The lowest BCUT2D eigenvalue weighted by Crippen LogP contribution is -2.30. The van der Waals surface area contributed by atoms with E-state index >= 15 is 0 Å². The van der Waals surface area contributed by atoms with Gasteiger partial charge in [-0.25, -0.2) is 0 Å². The Morgan fingerprint density at radius 2 is 1.92 bits per heavy atom. The molecule has 6 N–H and O–H groups in total. The van der Waals surface area contributed by atoms with Crippen molar-refractivity contribution in [2.75, 3.05) is 0 Å². The third-order valence-corrected chi connectivity index (χ3v) is 1.76. The summed E-state index contributed by atoms with van der Waals surface area (Å²) in [7, 11) is 0. The van der Waals surface area contributed by atoms with E-state index in [-0.39, 0.29) is 11.6 Å². The predicted molar refractivity (Wildman–Crippen MR) is 53.9 cm³/mol. The quantitative estimate of drug-likeness (QED) is 0.629. The minimum atomic E-state index is -0.899. The average Bonchev–Trinajstić information content (AvgIpc) is 1.84. The second-order valence-electron chi connectivity index (χ2n) is 4.40. The number of carboxylic acid groups (broad SMARTS) is 1. The lowest BCUT2D eigenvalue weighted by Gasteiger charge is -2.18. The molecule has 0 bridgehead atoms. The highest BCUT2D eigenvalue weighted by Crippen LogP contribution is 2.21. The van der Waals surface area contributed by atoms with E-state index in [9.17, 15) is 4.79 Å². The van der Waals surface area contributed by atoms with Gasteiger partial charge in [0.2, 0.25) is 0 Å². The molecule has 0 amide bonds. The minimum absolute atomic E-state index is 0. The molecule has 4 nitrogen and oxygen atoms in total. The monoisotopic (exact) mass is 190 g/mol. The normalized spacial score (nSPS) is 13.2. The Morgan fingerprint density at radius 3 is 2.23 bits per heavy atom. The SMILES string of the molecule is CC(C)(C)CCCC(N)C(=O)O.N. The fraction of sp³-hybridized carbons (Fsp3) is 0.889. The number of carboxylic acids is 1. The molecule has 0 fully saturated rings. The van der Waals surface area contributed by atoms with Gasteiger partial charge in [0.05, 0.1) is 0 Å². The van der Waals surface area contributed by atoms with Crippen molar-refractivity contribution in [1.29, 1.82) is 0 Å². The zero-order valence-electron chi connectivity index (χ0n) is 8.84. The third-order valence-electron chi connectivity index (χ3n) is 1.76. The molecule has 0 spiro atoms. The van der Waals surface area contributed by atoms with Gasteiger partial charge in [0.25, 0.3) is 0 Å². The molecular formula is C9H22N2O2. The van der Waals surface area contributed by atoms with Gasteiger partial charge in [-0.1, -0.05) is 27.2 Å². The number of hydrogen-bond acceptors (Lipinski definition) is 3. The summed E-state index contributed by atoms with van der Waals surface area (Å²) in [6.45, 7) is 6.41. The topological polar surface area (TPSA) is 98.3 Å². The van der Waals surface area contributed by atoms with Crippen molar-refractivity contribution in [1.82, 2.24) is 6.15 Å². The first-order valence-electron chi connectivity index (χ1n) is 4.31. The van der Waals surface area contributed by atoms with Crippen molar-refractivity contribution in [3.63, 3.8) is 0 Å². The first-order chi connectivity index (χ1) is 5.33. The first kappa shape index (κ1) is 14.9. The Morgan fingerprint density at radius 1 is 1.46 bits per heavy atom. The highest BCUT2D eigenvalue weighted by Gasteiger charge is 2.14. The Labute approximate surface area is 80.1 Å². The van der Waals surface area contributed by atoms with Crippen LogP contribution in [0.15, 0.2) is 0 Å². The van der Waals surface area contributed by atoms with Crippen molar-refractivity contribution < 1.29 is 9.90 Å². The van der Waals surface area contributed by atoms with E-state index in [1.807, 2.05) is 0 Å². The Bertz CT molecular complexity index is 152. The number of rotatable bonds is 4. The molecule has 0 rings (SSSR count). The van der Waals surface area contributed by atoms with E-state index in [0.717, 1.165) is 12.8 Å². The number of aliphatic carboxylic acids is 1. The molecule has 0 radical (unpaired) electrons. The molecule has 0 aromatic carbocycles. The van der Waals surface area contributed by atoms with E-state index in [4.69, 9.17) is 10.8 Å². The number of nitrogens with two attached hydrogens (primary N) is 1. The van der Waals surface area contributed by atoms with Gasteiger partial charge in [0.15, 0.2) is 0 Å². The molecule has 1 atom stereocenters. The van der Waals surface area contributed by atoms with Crippen LogP contribution in [0.3, 0.4) is 0 Å². The molecule has 4 heteroatoms. The summed E-state index contributed by atoms with van der Waals surface area (Å²) in [5, 5.41) is 8.49. The maximum atomic E-state index is 10.3. The van der Waals surface area contributed by atoms with Crippen LogP contribution >= 0.6 is 0 Å². The molecule has 0 aromatic rings. The van der Waals surface area contributed by atoms with E-state index in [0.29, 0.717) is 6.42 Å². The summed E-state index contributed by atoms with van der Waals surface area (Å²) >= 11 is 0. The maximum Gasteiger partial charge on any atom is 0.320 e. The second-order valence-corrected chi connectivity index (χ2v) is 4.40. The van der Waals surface area contributed by atoms with Gasteiger partial charge in [0, 0.05) is 0 Å². The van der Waals surface area contributed by atoms with Gasteiger partial charge >= 0.3 is 5.97 Å². The van der Waals surface area contributed by atoms with Gasteiger partial charge < -0.3 is 17.0 Å². The van der Waals surface area contributed by atoms with Crippen molar-refractivity contribution in [2.45, 2.75) is 46.1 Å². The maximum absolute atomic E-state index is 10.3. The molecule has 0 saturated carbocycles. The third kappa shape index (κ3) is 9.30. The Hall–Kier alpha value is -0.610. The smallest absolute Gasteiger partial charge is 0.320 e. The minimum Gasteiger partial charge on any atom is -0.480 e. The molecule has 0 aliphatic heterocycles. The van der Waals surface area contributed by atoms with Crippen LogP contribution in [0.5, 0.6) is 0 Å². The highest BCUT2D eigenvalue weighted by atomic mass is 16.4. The predicted octanol–water partition coefficient (Wildman–Crippen LogP) is 1.78. The van der Waals surface area contributed by atoms with E-state index in [1.54, 1.807) is 0 Å². The molecule has 80 valence electrons. The van der Waals surface area contributed by atoms with E-state index in [2.05, 4.69) is 20.8 Å². The van der Waals surface area contributed by atoms with Crippen LogP contribution in [0.25, 0.3) is 0 Å². The zero-order chi connectivity index (χ0) is 9.78. The Kier molecular flexibility index (Phi) is 6.80. The standard InChI is InChI=1S/C9H19NO2.H3N/c1-9(2,3)6-4-5-7(10)8(11)12;/h7H,4-6,10H2,1-3H3,(H,11,12);1H3.